The number of hydrogen-bond donors (Lipinski definition) is 1. The number of rotatable bonds is 6. The van der Waals surface area contributed by atoms with Crippen LogP contribution in [0.2, 0.25) is 0 Å². The third-order valence-electron chi connectivity index (χ3n) is 2.64. The molecule has 0 spiro atoms. The summed E-state index contributed by atoms with van der Waals surface area (Å²) in [7, 11) is 0. The fraction of sp³-hybridized carbons (Fsp3) is 0.333. The Morgan fingerprint density at radius 3 is 2.70 bits per heavy atom. The Morgan fingerprint density at radius 2 is 2.05 bits per heavy atom. The normalized spacial score (nSPS) is 10.6. The number of ether oxygens (including phenoxy) is 1. The number of nitrogens with zero attached hydrogens (tertiary/aromatic N) is 2. The van der Waals surface area contributed by atoms with Crippen molar-refractivity contribution in [2.75, 3.05) is 11.9 Å². The summed E-state index contributed by atoms with van der Waals surface area (Å²) in [5.74, 6) is 0.790. The van der Waals surface area contributed by atoms with E-state index in [4.69, 9.17) is 4.74 Å². The van der Waals surface area contributed by atoms with Gasteiger partial charge in [0.15, 0.2) is 0 Å². The largest absolute Gasteiger partial charge is 0.492 e. The van der Waals surface area contributed by atoms with Crippen molar-refractivity contribution < 1.29 is 4.74 Å². The standard InChI is InChI=1S/C15H19N3O2/c1-12(2)17-13-10-15(19)18(16-11-13)8-9-20-14-6-4-3-5-7-14/h3-7,10-12,17H,8-9H2,1-2H3. The van der Waals surface area contributed by atoms with E-state index in [9.17, 15) is 4.79 Å². The van der Waals surface area contributed by atoms with E-state index in [-0.39, 0.29) is 11.6 Å². The van der Waals surface area contributed by atoms with Gasteiger partial charge in [-0.1, -0.05) is 18.2 Å². The molecule has 0 atom stereocenters. The van der Waals surface area contributed by atoms with Crippen molar-refractivity contribution in [3.8, 4) is 5.75 Å². The first-order chi connectivity index (χ1) is 9.65. The molecule has 0 aliphatic carbocycles. The predicted molar refractivity (Wildman–Crippen MR) is 79.2 cm³/mol. The minimum Gasteiger partial charge on any atom is -0.492 e. The second-order valence-corrected chi connectivity index (χ2v) is 4.77. The van der Waals surface area contributed by atoms with Gasteiger partial charge in [0.25, 0.3) is 5.56 Å². The molecule has 0 aliphatic rings. The number of hydrogen-bond acceptors (Lipinski definition) is 4. The van der Waals surface area contributed by atoms with Gasteiger partial charge in [0.1, 0.15) is 12.4 Å². The number of anilines is 1. The zero-order chi connectivity index (χ0) is 14.4. The zero-order valence-electron chi connectivity index (χ0n) is 11.7. The van der Waals surface area contributed by atoms with E-state index < -0.39 is 0 Å². The van der Waals surface area contributed by atoms with Gasteiger partial charge in [0, 0.05) is 12.1 Å². The molecule has 1 aromatic heterocycles. The van der Waals surface area contributed by atoms with Crippen LogP contribution < -0.4 is 15.6 Å². The Hall–Kier alpha value is -2.30. The lowest BCUT2D eigenvalue weighted by molar-refractivity contribution is 0.288. The van der Waals surface area contributed by atoms with Gasteiger partial charge < -0.3 is 10.1 Å². The molecule has 0 aliphatic heterocycles. The van der Waals surface area contributed by atoms with Crippen LogP contribution in [0, 0.1) is 0 Å². The smallest absolute Gasteiger partial charge is 0.268 e. The second-order valence-electron chi connectivity index (χ2n) is 4.77. The minimum absolute atomic E-state index is 0.132. The molecule has 0 radical (unpaired) electrons. The highest BCUT2D eigenvalue weighted by atomic mass is 16.5. The molecule has 5 heteroatoms. The average molecular weight is 273 g/mol. The van der Waals surface area contributed by atoms with Crippen LogP contribution >= 0.6 is 0 Å². The molecule has 1 N–H and O–H groups in total. The quantitative estimate of drug-likeness (QED) is 0.876. The summed E-state index contributed by atoms with van der Waals surface area (Å²) < 4.78 is 6.94. The summed E-state index contributed by atoms with van der Waals surface area (Å²) in [6.45, 7) is 4.86. The first-order valence-electron chi connectivity index (χ1n) is 6.67. The van der Waals surface area contributed by atoms with Gasteiger partial charge in [-0.25, -0.2) is 4.68 Å². The van der Waals surface area contributed by atoms with E-state index >= 15 is 0 Å². The van der Waals surface area contributed by atoms with Gasteiger partial charge in [-0.3, -0.25) is 4.79 Å². The van der Waals surface area contributed by atoms with E-state index in [1.165, 1.54) is 4.68 Å². The Balaban J connectivity index is 1.92. The van der Waals surface area contributed by atoms with Gasteiger partial charge in [-0.15, -0.1) is 0 Å². The highest BCUT2D eigenvalue weighted by Crippen LogP contribution is 2.08. The van der Waals surface area contributed by atoms with Crippen LogP contribution in [0.15, 0.2) is 47.4 Å². The lowest BCUT2D eigenvalue weighted by atomic mass is 10.3. The zero-order valence-corrected chi connectivity index (χ0v) is 11.7. The average Bonchev–Trinajstić information content (AvgIpc) is 2.42. The van der Waals surface area contributed by atoms with Crippen LogP contribution in [0.1, 0.15) is 13.8 Å². The molecule has 0 saturated carbocycles. The van der Waals surface area contributed by atoms with Crippen molar-refractivity contribution >= 4 is 5.69 Å². The topological polar surface area (TPSA) is 56.1 Å². The summed E-state index contributed by atoms with van der Waals surface area (Å²) >= 11 is 0. The van der Waals surface area contributed by atoms with Crippen LogP contribution in [0.5, 0.6) is 5.75 Å². The van der Waals surface area contributed by atoms with Crippen molar-refractivity contribution in [1.29, 1.82) is 0 Å². The molecular formula is C15H19N3O2. The molecule has 2 aromatic rings. The molecule has 1 heterocycles. The lowest BCUT2D eigenvalue weighted by Gasteiger charge is -2.11. The fourth-order valence-electron chi connectivity index (χ4n) is 1.78. The van der Waals surface area contributed by atoms with Crippen molar-refractivity contribution in [1.82, 2.24) is 9.78 Å². The Morgan fingerprint density at radius 1 is 1.30 bits per heavy atom. The van der Waals surface area contributed by atoms with E-state index in [1.807, 2.05) is 44.2 Å². The van der Waals surface area contributed by atoms with Gasteiger partial charge in [0.05, 0.1) is 18.4 Å². The summed E-state index contributed by atoms with van der Waals surface area (Å²) in [6.07, 6.45) is 1.66. The SMILES string of the molecule is CC(C)Nc1cnn(CCOc2ccccc2)c(=O)c1. The van der Waals surface area contributed by atoms with E-state index in [0.29, 0.717) is 13.2 Å². The summed E-state index contributed by atoms with van der Waals surface area (Å²) in [5, 5.41) is 7.27. The number of para-hydroxylation sites is 1. The maximum Gasteiger partial charge on any atom is 0.268 e. The van der Waals surface area contributed by atoms with Gasteiger partial charge >= 0.3 is 0 Å². The van der Waals surface area contributed by atoms with Crippen molar-refractivity contribution in [2.24, 2.45) is 0 Å². The molecule has 106 valence electrons. The third-order valence-corrected chi connectivity index (χ3v) is 2.64. The monoisotopic (exact) mass is 273 g/mol. The van der Waals surface area contributed by atoms with Gasteiger partial charge in [-0.2, -0.15) is 5.10 Å². The van der Waals surface area contributed by atoms with Gasteiger partial charge in [0.2, 0.25) is 0 Å². The van der Waals surface area contributed by atoms with E-state index in [1.54, 1.807) is 12.3 Å². The molecule has 0 unspecified atom stereocenters. The van der Waals surface area contributed by atoms with Crippen LogP contribution in [0.3, 0.4) is 0 Å². The van der Waals surface area contributed by atoms with Crippen molar-refractivity contribution in [2.45, 2.75) is 26.4 Å². The molecular weight excluding hydrogens is 254 g/mol. The molecule has 20 heavy (non-hydrogen) atoms. The molecule has 0 bridgehead atoms. The Bertz CT molecular complexity index is 594. The van der Waals surface area contributed by atoms with Crippen LogP contribution in [-0.4, -0.2) is 22.4 Å². The predicted octanol–water partition coefficient (Wildman–Crippen LogP) is 2.14. The third kappa shape index (κ3) is 4.12. The van der Waals surface area contributed by atoms with Crippen LogP contribution in [0.4, 0.5) is 5.69 Å². The maximum absolute atomic E-state index is 11.9. The molecule has 5 nitrogen and oxygen atoms in total. The van der Waals surface area contributed by atoms with Crippen molar-refractivity contribution in [3.63, 3.8) is 0 Å². The first-order valence-corrected chi connectivity index (χ1v) is 6.67. The lowest BCUT2D eigenvalue weighted by Crippen LogP contribution is -2.26. The highest BCUT2D eigenvalue weighted by molar-refractivity contribution is 5.39. The molecule has 1 aromatic carbocycles. The summed E-state index contributed by atoms with van der Waals surface area (Å²) in [5.41, 5.74) is 0.609. The van der Waals surface area contributed by atoms with E-state index in [0.717, 1.165) is 11.4 Å². The maximum atomic E-state index is 11.9. The second kappa shape index (κ2) is 6.75. The van der Waals surface area contributed by atoms with Gasteiger partial charge in [-0.05, 0) is 26.0 Å². The Kier molecular flexibility index (Phi) is 4.76. The summed E-state index contributed by atoms with van der Waals surface area (Å²) in [6, 6.07) is 11.3. The van der Waals surface area contributed by atoms with Crippen LogP contribution in [0.25, 0.3) is 0 Å². The molecule has 0 saturated heterocycles. The molecule has 0 amide bonds. The van der Waals surface area contributed by atoms with Crippen molar-refractivity contribution in [3.05, 3.63) is 52.9 Å². The first kappa shape index (κ1) is 14.1. The van der Waals surface area contributed by atoms with Crippen LogP contribution in [-0.2, 0) is 6.54 Å². The minimum atomic E-state index is -0.132. The highest BCUT2D eigenvalue weighted by Gasteiger charge is 2.01. The fourth-order valence-corrected chi connectivity index (χ4v) is 1.78. The Labute approximate surface area is 118 Å². The molecule has 2 rings (SSSR count). The number of nitrogens with one attached hydrogen (secondary N) is 1. The van der Waals surface area contributed by atoms with E-state index in [2.05, 4.69) is 10.4 Å². The molecule has 0 fully saturated rings. The number of benzene rings is 1. The number of aromatic nitrogens is 2. The summed E-state index contributed by atoms with van der Waals surface area (Å²) in [4.78, 5) is 11.9.